The standard InChI is InChI=1S/C12H23N3O4/c1-12(2,15-6-4-13-5-7-15)11(19)14-9(3-8-16)10(17)18/h9,13,16H,3-8H2,1-2H3,(H,14,19)(H,17,18)/t9-/m1/s1. The van der Waals surface area contributed by atoms with Crippen molar-refractivity contribution in [2.45, 2.75) is 31.8 Å². The van der Waals surface area contributed by atoms with Gasteiger partial charge in [-0.25, -0.2) is 4.79 Å². The zero-order valence-electron chi connectivity index (χ0n) is 11.5. The summed E-state index contributed by atoms with van der Waals surface area (Å²) >= 11 is 0. The lowest BCUT2D eigenvalue weighted by Crippen LogP contribution is -2.61. The number of amides is 1. The van der Waals surface area contributed by atoms with Crippen LogP contribution < -0.4 is 10.6 Å². The predicted molar refractivity (Wildman–Crippen MR) is 69.8 cm³/mol. The number of nitrogens with zero attached hydrogens (tertiary/aromatic N) is 1. The number of hydrogen-bond acceptors (Lipinski definition) is 5. The van der Waals surface area contributed by atoms with Crippen molar-refractivity contribution in [1.82, 2.24) is 15.5 Å². The Morgan fingerprint density at radius 1 is 1.37 bits per heavy atom. The van der Waals surface area contributed by atoms with Gasteiger partial charge in [-0.15, -0.1) is 0 Å². The molecule has 1 saturated heterocycles. The predicted octanol–water partition coefficient (Wildman–Crippen LogP) is -1.38. The van der Waals surface area contributed by atoms with Crippen LogP contribution >= 0.6 is 0 Å². The van der Waals surface area contributed by atoms with Crippen molar-refractivity contribution in [2.24, 2.45) is 0 Å². The highest BCUT2D eigenvalue weighted by Crippen LogP contribution is 2.15. The summed E-state index contributed by atoms with van der Waals surface area (Å²) in [6.45, 7) is 6.42. The van der Waals surface area contributed by atoms with Crippen LogP contribution in [0.2, 0.25) is 0 Å². The van der Waals surface area contributed by atoms with Gasteiger partial charge in [-0.05, 0) is 13.8 Å². The zero-order valence-corrected chi connectivity index (χ0v) is 11.5. The van der Waals surface area contributed by atoms with Crippen LogP contribution in [-0.2, 0) is 9.59 Å². The van der Waals surface area contributed by atoms with E-state index in [2.05, 4.69) is 10.6 Å². The minimum atomic E-state index is -1.13. The number of carbonyl (C=O) groups is 2. The molecule has 0 radical (unpaired) electrons. The van der Waals surface area contributed by atoms with Crippen molar-refractivity contribution in [3.63, 3.8) is 0 Å². The van der Waals surface area contributed by atoms with Gasteiger partial charge in [-0.2, -0.15) is 0 Å². The number of aliphatic hydroxyl groups excluding tert-OH is 1. The molecule has 1 atom stereocenters. The molecule has 1 amide bonds. The van der Waals surface area contributed by atoms with Crippen molar-refractivity contribution in [3.8, 4) is 0 Å². The summed E-state index contributed by atoms with van der Waals surface area (Å²) in [6, 6.07) is -1.04. The molecule has 4 N–H and O–H groups in total. The van der Waals surface area contributed by atoms with Crippen LogP contribution in [0.15, 0.2) is 0 Å². The van der Waals surface area contributed by atoms with Gasteiger partial charge in [-0.1, -0.05) is 0 Å². The van der Waals surface area contributed by atoms with Crippen molar-refractivity contribution in [1.29, 1.82) is 0 Å². The first-order valence-corrected chi connectivity index (χ1v) is 6.50. The molecule has 7 heteroatoms. The summed E-state index contributed by atoms with van der Waals surface area (Å²) < 4.78 is 0. The highest BCUT2D eigenvalue weighted by Gasteiger charge is 2.36. The molecule has 0 aromatic heterocycles. The van der Waals surface area contributed by atoms with Crippen LogP contribution in [0.5, 0.6) is 0 Å². The molecule has 0 aromatic carbocycles. The molecule has 19 heavy (non-hydrogen) atoms. The van der Waals surface area contributed by atoms with Gasteiger partial charge in [0.05, 0.1) is 5.54 Å². The number of rotatable bonds is 6. The third kappa shape index (κ3) is 4.15. The van der Waals surface area contributed by atoms with Crippen LogP contribution in [0, 0.1) is 0 Å². The molecule has 0 unspecified atom stereocenters. The molecule has 7 nitrogen and oxygen atoms in total. The van der Waals surface area contributed by atoms with E-state index in [4.69, 9.17) is 10.2 Å². The Labute approximate surface area is 113 Å². The molecule has 0 spiro atoms. The van der Waals surface area contributed by atoms with Crippen LogP contribution in [0.4, 0.5) is 0 Å². The first-order valence-electron chi connectivity index (χ1n) is 6.50. The van der Waals surface area contributed by atoms with Gasteiger partial charge < -0.3 is 20.8 Å². The molecular weight excluding hydrogens is 250 g/mol. The van der Waals surface area contributed by atoms with Crippen molar-refractivity contribution >= 4 is 11.9 Å². The zero-order chi connectivity index (χ0) is 14.5. The first-order chi connectivity index (χ1) is 8.89. The highest BCUT2D eigenvalue weighted by atomic mass is 16.4. The van der Waals surface area contributed by atoms with E-state index in [-0.39, 0.29) is 18.9 Å². The number of aliphatic hydroxyl groups is 1. The monoisotopic (exact) mass is 273 g/mol. The van der Waals surface area contributed by atoms with E-state index in [1.54, 1.807) is 13.8 Å². The van der Waals surface area contributed by atoms with E-state index < -0.39 is 17.6 Å². The number of nitrogens with one attached hydrogen (secondary N) is 2. The Morgan fingerprint density at radius 2 is 1.95 bits per heavy atom. The summed E-state index contributed by atoms with van der Waals surface area (Å²) in [7, 11) is 0. The molecule has 0 bridgehead atoms. The average molecular weight is 273 g/mol. The second-order valence-electron chi connectivity index (χ2n) is 5.17. The number of carbonyl (C=O) groups excluding carboxylic acids is 1. The lowest BCUT2D eigenvalue weighted by molar-refractivity contribution is -0.144. The maximum absolute atomic E-state index is 12.2. The molecule has 1 heterocycles. The van der Waals surface area contributed by atoms with Crippen molar-refractivity contribution in [2.75, 3.05) is 32.8 Å². The fourth-order valence-corrected chi connectivity index (χ4v) is 2.09. The fraction of sp³-hybridized carbons (Fsp3) is 0.833. The molecule has 1 fully saturated rings. The third-order valence-corrected chi connectivity index (χ3v) is 3.48. The Balaban J connectivity index is 2.65. The van der Waals surface area contributed by atoms with Gasteiger partial charge in [0.25, 0.3) is 0 Å². The van der Waals surface area contributed by atoms with Crippen LogP contribution in [0.3, 0.4) is 0 Å². The normalized spacial score (nSPS) is 18.9. The third-order valence-electron chi connectivity index (χ3n) is 3.48. The van der Waals surface area contributed by atoms with Crippen LogP contribution in [0.25, 0.3) is 0 Å². The van der Waals surface area contributed by atoms with Crippen LogP contribution in [-0.4, -0.2) is 71.4 Å². The summed E-state index contributed by atoms with van der Waals surface area (Å²) in [4.78, 5) is 25.2. The summed E-state index contributed by atoms with van der Waals surface area (Å²) in [5, 5.41) is 23.5. The number of carboxylic acid groups (broad SMARTS) is 1. The lowest BCUT2D eigenvalue weighted by Gasteiger charge is -2.40. The molecule has 1 aliphatic rings. The van der Waals surface area contributed by atoms with Crippen LogP contribution in [0.1, 0.15) is 20.3 Å². The maximum atomic E-state index is 12.2. The molecule has 0 saturated carbocycles. The average Bonchev–Trinajstić information content (AvgIpc) is 2.38. The SMILES string of the molecule is CC(C)(C(=O)N[C@H](CCO)C(=O)O)N1CCNCC1. The van der Waals surface area contributed by atoms with Gasteiger partial charge in [0.15, 0.2) is 0 Å². The number of piperazine rings is 1. The van der Waals surface area contributed by atoms with Gasteiger partial charge in [-0.3, -0.25) is 9.69 Å². The number of hydrogen-bond donors (Lipinski definition) is 4. The lowest BCUT2D eigenvalue weighted by atomic mass is 9.99. The number of aliphatic carboxylic acids is 1. The van der Waals surface area contributed by atoms with E-state index in [0.29, 0.717) is 0 Å². The summed E-state index contributed by atoms with van der Waals surface area (Å²) in [6.07, 6.45) is 0.0126. The van der Waals surface area contributed by atoms with E-state index in [9.17, 15) is 9.59 Å². The van der Waals surface area contributed by atoms with E-state index in [1.807, 2.05) is 4.90 Å². The van der Waals surface area contributed by atoms with E-state index in [0.717, 1.165) is 26.2 Å². The number of carboxylic acids is 1. The first kappa shape index (κ1) is 15.9. The smallest absolute Gasteiger partial charge is 0.326 e. The van der Waals surface area contributed by atoms with Gasteiger partial charge >= 0.3 is 5.97 Å². The van der Waals surface area contributed by atoms with Crippen molar-refractivity contribution < 1.29 is 19.8 Å². The maximum Gasteiger partial charge on any atom is 0.326 e. The molecule has 0 aliphatic carbocycles. The largest absolute Gasteiger partial charge is 0.480 e. The second kappa shape index (κ2) is 6.83. The molecule has 110 valence electrons. The minimum Gasteiger partial charge on any atom is -0.480 e. The van der Waals surface area contributed by atoms with E-state index >= 15 is 0 Å². The Kier molecular flexibility index (Phi) is 5.71. The quantitative estimate of drug-likeness (QED) is 0.476. The highest BCUT2D eigenvalue weighted by molar-refractivity contribution is 5.89. The summed E-state index contributed by atoms with van der Waals surface area (Å²) in [5.74, 6) is -1.45. The summed E-state index contributed by atoms with van der Waals surface area (Å²) in [5.41, 5.74) is -0.759. The molecule has 1 rings (SSSR count). The Morgan fingerprint density at radius 3 is 2.42 bits per heavy atom. The van der Waals surface area contributed by atoms with Crippen molar-refractivity contribution in [3.05, 3.63) is 0 Å². The molecule has 0 aromatic rings. The second-order valence-corrected chi connectivity index (χ2v) is 5.17. The fourth-order valence-electron chi connectivity index (χ4n) is 2.09. The van der Waals surface area contributed by atoms with Gasteiger partial charge in [0.2, 0.25) is 5.91 Å². The molecular formula is C12H23N3O4. The van der Waals surface area contributed by atoms with Gasteiger partial charge in [0.1, 0.15) is 6.04 Å². The van der Waals surface area contributed by atoms with E-state index in [1.165, 1.54) is 0 Å². The Bertz CT molecular complexity index is 327. The molecule has 1 aliphatic heterocycles. The minimum absolute atomic E-state index is 0.0126. The van der Waals surface area contributed by atoms with Gasteiger partial charge in [0, 0.05) is 39.2 Å². The topological polar surface area (TPSA) is 102 Å². The Hall–Kier alpha value is -1.18.